The molecule has 0 radical (unpaired) electrons. The summed E-state index contributed by atoms with van der Waals surface area (Å²) in [6.45, 7) is 2.28. The maximum Gasteiger partial charge on any atom is 0.228 e. The van der Waals surface area contributed by atoms with E-state index in [2.05, 4.69) is 5.32 Å². The lowest BCUT2D eigenvalue weighted by Crippen LogP contribution is -2.28. The van der Waals surface area contributed by atoms with Crippen LogP contribution in [0.2, 0.25) is 0 Å². The van der Waals surface area contributed by atoms with E-state index in [0.717, 1.165) is 17.7 Å². The summed E-state index contributed by atoms with van der Waals surface area (Å²) in [6, 6.07) is 7.31. The first-order valence-electron chi connectivity index (χ1n) is 6.78. The molecule has 0 heterocycles. The summed E-state index contributed by atoms with van der Waals surface area (Å²) in [4.78, 5) is 25.0. The van der Waals surface area contributed by atoms with Gasteiger partial charge in [-0.3, -0.25) is 9.59 Å². The Balaban J connectivity index is 2.63. The molecule has 5 nitrogen and oxygen atoms in total. The molecule has 1 atom stereocenters. The van der Waals surface area contributed by atoms with Gasteiger partial charge < -0.3 is 16.0 Å². The van der Waals surface area contributed by atoms with Crippen molar-refractivity contribution in [3.05, 3.63) is 29.8 Å². The predicted molar refractivity (Wildman–Crippen MR) is 80.3 cm³/mol. The second-order valence-corrected chi connectivity index (χ2v) is 4.99. The van der Waals surface area contributed by atoms with Crippen LogP contribution in [0.15, 0.2) is 24.3 Å². The number of nitrogens with two attached hydrogens (primary N) is 1. The number of benzene rings is 1. The monoisotopic (exact) mass is 277 g/mol. The van der Waals surface area contributed by atoms with Crippen molar-refractivity contribution in [2.24, 2.45) is 11.7 Å². The summed E-state index contributed by atoms with van der Waals surface area (Å²) >= 11 is 0. The lowest BCUT2D eigenvalue weighted by atomic mass is 10.1. The molecule has 0 aliphatic carbocycles. The van der Waals surface area contributed by atoms with Crippen LogP contribution in [-0.2, 0) is 16.0 Å². The van der Waals surface area contributed by atoms with Crippen molar-refractivity contribution in [3.63, 3.8) is 0 Å². The van der Waals surface area contributed by atoms with E-state index in [9.17, 15) is 9.59 Å². The Morgan fingerprint density at radius 2 is 1.85 bits per heavy atom. The van der Waals surface area contributed by atoms with E-state index in [1.807, 2.05) is 19.1 Å². The Hall–Kier alpha value is -1.88. The number of carbonyl (C=O) groups is 2. The molecule has 5 heteroatoms. The average molecular weight is 277 g/mol. The lowest BCUT2D eigenvalue weighted by Gasteiger charge is -2.13. The molecule has 1 rings (SSSR count). The summed E-state index contributed by atoms with van der Waals surface area (Å²) in [6.07, 6.45) is 1.08. The highest BCUT2D eigenvalue weighted by molar-refractivity contribution is 5.92. The van der Waals surface area contributed by atoms with Crippen LogP contribution in [0.3, 0.4) is 0 Å². The molecule has 0 aliphatic rings. The molecule has 0 aliphatic heterocycles. The van der Waals surface area contributed by atoms with Gasteiger partial charge in [-0.05, 0) is 24.1 Å². The zero-order valence-corrected chi connectivity index (χ0v) is 12.3. The number of rotatable bonds is 6. The Bertz CT molecular complexity index is 451. The highest BCUT2D eigenvalue weighted by Crippen LogP contribution is 2.12. The SMILES string of the molecule is CCC(CN)C(=O)Nc1ccc(CC(=O)N(C)C)cc1. The minimum absolute atomic E-state index is 0.0518. The van der Waals surface area contributed by atoms with Gasteiger partial charge in [0, 0.05) is 26.3 Å². The normalized spacial score (nSPS) is 11.8. The van der Waals surface area contributed by atoms with Crippen LogP contribution in [0.25, 0.3) is 0 Å². The number of hydrogen-bond donors (Lipinski definition) is 2. The number of nitrogens with one attached hydrogen (secondary N) is 1. The first-order valence-corrected chi connectivity index (χ1v) is 6.78. The zero-order chi connectivity index (χ0) is 15.1. The predicted octanol–water partition coefficient (Wildman–Crippen LogP) is 1.24. The van der Waals surface area contributed by atoms with Crippen LogP contribution in [0.1, 0.15) is 18.9 Å². The van der Waals surface area contributed by atoms with Gasteiger partial charge in [-0.1, -0.05) is 19.1 Å². The van der Waals surface area contributed by atoms with Gasteiger partial charge in [0.1, 0.15) is 0 Å². The molecule has 1 aromatic carbocycles. The zero-order valence-electron chi connectivity index (χ0n) is 12.3. The van der Waals surface area contributed by atoms with Crippen molar-refractivity contribution >= 4 is 17.5 Å². The van der Waals surface area contributed by atoms with Crippen molar-refractivity contribution in [1.29, 1.82) is 0 Å². The fourth-order valence-corrected chi connectivity index (χ4v) is 1.74. The third-order valence-corrected chi connectivity index (χ3v) is 3.22. The topological polar surface area (TPSA) is 75.4 Å². The van der Waals surface area contributed by atoms with Crippen molar-refractivity contribution < 1.29 is 9.59 Å². The fourth-order valence-electron chi connectivity index (χ4n) is 1.74. The van der Waals surface area contributed by atoms with Crippen molar-refractivity contribution in [2.75, 3.05) is 26.0 Å². The number of likely N-dealkylation sites (N-methyl/N-ethyl adjacent to an activating group) is 1. The molecular formula is C15H23N3O2. The molecule has 1 aromatic rings. The van der Waals surface area contributed by atoms with Crippen molar-refractivity contribution in [1.82, 2.24) is 4.90 Å². The lowest BCUT2D eigenvalue weighted by molar-refractivity contribution is -0.128. The molecule has 0 aromatic heterocycles. The number of hydrogen-bond acceptors (Lipinski definition) is 3. The van der Waals surface area contributed by atoms with E-state index < -0.39 is 0 Å². The van der Waals surface area contributed by atoms with Crippen LogP contribution >= 0.6 is 0 Å². The Morgan fingerprint density at radius 3 is 2.30 bits per heavy atom. The van der Waals surface area contributed by atoms with Crippen molar-refractivity contribution in [3.8, 4) is 0 Å². The molecular weight excluding hydrogens is 254 g/mol. The number of nitrogens with zero attached hydrogens (tertiary/aromatic N) is 1. The second kappa shape index (κ2) is 7.65. The van der Waals surface area contributed by atoms with Crippen LogP contribution in [0, 0.1) is 5.92 Å². The highest BCUT2D eigenvalue weighted by atomic mass is 16.2. The van der Waals surface area contributed by atoms with Crippen LogP contribution in [0.4, 0.5) is 5.69 Å². The summed E-state index contributed by atoms with van der Waals surface area (Å²) in [5.41, 5.74) is 7.19. The quantitative estimate of drug-likeness (QED) is 0.821. The summed E-state index contributed by atoms with van der Waals surface area (Å²) in [5, 5.41) is 2.83. The van der Waals surface area contributed by atoms with Gasteiger partial charge in [-0.25, -0.2) is 0 Å². The van der Waals surface area contributed by atoms with Gasteiger partial charge >= 0.3 is 0 Å². The summed E-state index contributed by atoms with van der Waals surface area (Å²) < 4.78 is 0. The molecule has 0 saturated carbocycles. The smallest absolute Gasteiger partial charge is 0.228 e. The second-order valence-electron chi connectivity index (χ2n) is 4.99. The van der Waals surface area contributed by atoms with E-state index in [0.29, 0.717) is 13.0 Å². The largest absolute Gasteiger partial charge is 0.349 e. The molecule has 0 spiro atoms. The first kappa shape index (κ1) is 16.2. The van der Waals surface area contributed by atoms with Crippen LogP contribution < -0.4 is 11.1 Å². The Labute approximate surface area is 120 Å². The van der Waals surface area contributed by atoms with Crippen molar-refractivity contribution in [2.45, 2.75) is 19.8 Å². The molecule has 0 bridgehead atoms. The highest BCUT2D eigenvalue weighted by Gasteiger charge is 2.14. The Morgan fingerprint density at radius 1 is 1.25 bits per heavy atom. The van der Waals surface area contributed by atoms with Crippen LogP contribution in [0.5, 0.6) is 0 Å². The number of amides is 2. The average Bonchev–Trinajstić information content (AvgIpc) is 2.42. The summed E-state index contributed by atoms with van der Waals surface area (Å²) in [7, 11) is 3.46. The number of carbonyl (C=O) groups excluding carboxylic acids is 2. The van der Waals surface area contributed by atoms with E-state index in [-0.39, 0.29) is 17.7 Å². The minimum Gasteiger partial charge on any atom is -0.349 e. The molecule has 2 amide bonds. The third-order valence-electron chi connectivity index (χ3n) is 3.22. The molecule has 0 fully saturated rings. The summed E-state index contributed by atoms with van der Waals surface area (Å²) in [5.74, 6) is -0.173. The third kappa shape index (κ3) is 4.66. The standard InChI is InChI=1S/C15H23N3O2/c1-4-12(10-16)15(20)17-13-7-5-11(6-8-13)9-14(19)18(2)3/h5-8,12H,4,9-10,16H2,1-3H3,(H,17,20). The van der Waals surface area contributed by atoms with E-state index >= 15 is 0 Å². The first-order chi connectivity index (χ1) is 9.47. The Kier molecular flexibility index (Phi) is 6.18. The van der Waals surface area contributed by atoms with Gasteiger partial charge in [-0.15, -0.1) is 0 Å². The van der Waals surface area contributed by atoms with Gasteiger partial charge in [-0.2, -0.15) is 0 Å². The van der Waals surface area contributed by atoms with Gasteiger partial charge in [0.15, 0.2) is 0 Å². The number of anilines is 1. The maximum absolute atomic E-state index is 11.9. The van der Waals surface area contributed by atoms with Gasteiger partial charge in [0.25, 0.3) is 0 Å². The minimum atomic E-state index is -0.162. The maximum atomic E-state index is 11.9. The molecule has 110 valence electrons. The molecule has 20 heavy (non-hydrogen) atoms. The fraction of sp³-hybridized carbons (Fsp3) is 0.467. The molecule has 0 saturated heterocycles. The molecule has 3 N–H and O–H groups in total. The van der Waals surface area contributed by atoms with Gasteiger partial charge in [0.2, 0.25) is 11.8 Å². The molecule has 1 unspecified atom stereocenters. The van der Waals surface area contributed by atoms with Crippen LogP contribution in [-0.4, -0.2) is 37.4 Å². The van der Waals surface area contributed by atoms with E-state index in [1.165, 1.54) is 0 Å². The van der Waals surface area contributed by atoms with E-state index in [4.69, 9.17) is 5.73 Å². The van der Waals surface area contributed by atoms with Gasteiger partial charge in [0.05, 0.1) is 12.3 Å². The van der Waals surface area contributed by atoms with E-state index in [1.54, 1.807) is 31.1 Å².